The molecule has 2 rings (SSSR count). The van der Waals surface area contributed by atoms with Crippen molar-refractivity contribution in [2.75, 3.05) is 6.54 Å². The lowest BCUT2D eigenvalue weighted by molar-refractivity contribution is 0.970. The minimum Gasteiger partial charge on any atom is -0.330 e. The van der Waals surface area contributed by atoms with E-state index in [4.69, 9.17) is 5.73 Å². The molecule has 1 aromatic heterocycles. The van der Waals surface area contributed by atoms with Gasteiger partial charge in [-0.3, -0.25) is 0 Å². The van der Waals surface area contributed by atoms with Gasteiger partial charge in [-0.15, -0.1) is 11.3 Å². The summed E-state index contributed by atoms with van der Waals surface area (Å²) in [6.45, 7) is 4.85. The topological polar surface area (TPSA) is 38.9 Å². The van der Waals surface area contributed by atoms with Crippen LogP contribution in [0.4, 0.5) is 0 Å². The molecule has 0 spiro atoms. The molecule has 0 bridgehead atoms. The second-order valence-electron chi connectivity index (χ2n) is 4.03. The second-order valence-corrected chi connectivity index (χ2v) is 6.02. The number of thiazole rings is 1. The lowest BCUT2D eigenvalue weighted by Gasteiger charge is -2.02. The van der Waals surface area contributed by atoms with Crippen molar-refractivity contribution in [3.8, 4) is 10.6 Å². The Bertz CT molecular complexity index is 534. The van der Waals surface area contributed by atoms with Crippen molar-refractivity contribution in [1.29, 1.82) is 0 Å². The summed E-state index contributed by atoms with van der Waals surface area (Å²) < 4.78 is 1.11. The van der Waals surface area contributed by atoms with Gasteiger partial charge in [-0.05, 0) is 44.5 Å². The van der Waals surface area contributed by atoms with E-state index in [1.807, 2.05) is 0 Å². The Morgan fingerprint density at radius 1 is 1.35 bits per heavy atom. The summed E-state index contributed by atoms with van der Waals surface area (Å²) in [5, 5.41) is 1.09. The van der Waals surface area contributed by atoms with Gasteiger partial charge in [-0.1, -0.05) is 22.0 Å². The molecule has 1 heterocycles. The summed E-state index contributed by atoms with van der Waals surface area (Å²) in [5.74, 6) is 0. The summed E-state index contributed by atoms with van der Waals surface area (Å²) in [6.07, 6.45) is 0.916. The molecule has 0 radical (unpaired) electrons. The van der Waals surface area contributed by atoms with Gasteiger partial charge in [0.2, 0.25) is 0 Å². The minimum absolute atomic E-state index is 0.682. The Kier molecular flexibility index (Phi) is 3.97. The molecule has 0 atom stereocenters. The highest BCUT2D eigenvalue weighted by molar-refractivity contribution is 9.10. The molecule has 90 valence electrons. The molecule has 17 heavy (non-hydrogen) atoms. The number of rotatable bonds is 3. The van der Waals surface area contributed by atoms with Crippen molar-refractivity contribution in [3.05, 3.63) is 38.8 Å². The molecule has 0 saturated carbocycles. The minimum atomic E-state index is 0.682. The first-order valence-electron chi connectivity index (χ1n) is 5.54. The zero-order chi connectivity index (χ0) is 12.4. The number of benzene rings is 1. The fourth-order valence-electron chi connectivity index (χ4n) is 1.77. The number of aromatic nitrogens is 1. The number of hydrogen-bond acceptors (Lipinski definition) is 3. The van der Waals surface area contributed by atoms with Crippen LogP contribution in [0.3, 0.4) is 0 Å². The maximum Gasteiger partial charge on any atom is 0.124 e. The average molecular weight is 311 g/mol. The highest BCUT2D eigenvalue weighted by Gasteiger charge is 2.10. The van der Waals surface area contributed by atoms with Crippen LogP contribution >= 0.6 is 27.3 Å². The maximum absolute atomic E-state index is 5.60. The van der Waals surface area contributed by atoms with E-state index < -0.39 is 0 Å². The predicted octanol–water partition coefficient (Wildman–Crippen LogP) is 3.69. The largest absolute Gasteiger partial charge is 0.330 e. The molecule has 0 amide bonds. The average Bonchev–Trinajstić information content (AvgIpc) is 2.60. The summed E-state index contributed by atoms with van der Waals surface area (Å²) in [5.41, 5.74) is 9.16. The molecule has 0 aliphatic rings. The van der Waals surface area contributed by atoms with Crippen LogP contribution < -0.4 is 5.73 Å². The molecule has 4 heteroatoms. The zero-order valence-corrected chi connectivity index (χ0v) is 12.4. The Balaban J connectivity index is 2.42. The summed E-state index contributed by atoms with van der Waals surface area (Å²) in [7, 11) is 0. The van der Waals surface area contributed by atoms with E-state index in [2.05, 4.69) is 53.0 Å². The van der Waals surface area contributed by atoms with Crippen LogP contribution in [0.5, 0.6) is 0 Å². The molecule has 0 saturated heterocycles. The first-order valence-corrected chi connectivity index (χ1v) is 7.15. The summed E-state index contributed by atoms with van der Waals surface area (Å²) in [4.78, 5) is 5.93. The van der Waals surface area contributed by atoms with Gasteiger partial charge < -0.3 is 5.73 Å². The van der Waals surface area contributed by atoms with E-state index in [1.165, 1.54) is 16.0 Å². The van der Waals surface area contributed by atoms with Gasteiger partial charge in [0.05, 0.1) is 5.69 Å². The Hall–Kier alpha value is -0.710. The van der Waals surface area contributed by atoms with Crippen LogP contribution in [0, 0.1) is 13.8 Å². The van der Waals surface area contributed by atoms with E-state index in [1.54, 1.807) is 11.3 Å². The molecular weight excluding hydrogens is 296 g/mol. The van der Waals surface area contributed by atoms with E-state index in [9.17, 15) is 0 Å². The van der Waals surface area contributed by atoms with Crippen LogP contribution in [-0.2, 0) is 6.42 Å². The van der Waals surface area contributed by atoms with E-state index in [-0.39, 0.29) is 0 Å². The molecule has 1 aromatic carbocycles. The lowest BCUT2D eigenvalue weighted by Crippen LogP contribution is -2.01. The number of nitrogens with zero attached hydrogens (tertiary/aromatic N) is 1. The normalized spacial score (nSPS) is 10.8. The smallest absolute Gasteiger partial charge is 0.124 e. The molecular formula is C13H15BrN2S. The quantitative estimate of drug-likeness (QED) is 0.939. The van der Waals surface area contributed by atoms with Gasteiger partial charge in [-0.25, -0.2) is 4.98 Å². The van der Waals surface area contributed by atoms with Crippen molar-refractivity contribution in [2.45, 2.75) is 20.3 Å². The van der Waals surface area contributed by atoms with Crippen molar-refractivity contribution in [2.24, 2.45) is 5.73 Å². The highest BCUT2D eigenvalue weighted by atomic mass is 79.9. The van der Waals surface area contributed by atoms with Crippen molar-refractivity contribution in [3.63, 3.8) is 0 Å². The number of halogens is 1. The summed E-state index contributed by atoms with van der Waals surface area (Å²) >= 11 is 5.23. The van der Waals surface area contributed by atoms with E-state index in [0.29, 0.717) is 6.54 Å². The van der Waals surface area contributed by atoms with Crippen LogP contribution in [0.25, 0.3) is 10.6 Å². The summed E-state index contributed by atoms with van der Waals surface area (Å²) in [6, 6.07) is 6.29. The Labute approximate surface area is 114 Å². The van der Waals surface area contributed by atoms with Gasteiger partial charge in [0.25, 0.3) is 0 Å². The standard InChI is InChI=1S/C13H15BrN2S/c1-8-7-10(14)3-4-11(8)13-16-9(2)12(17-13)5-6-15/h3-4,7H,5-6,15H2,1-2H3. The third-order valence-electron chi connectivity index (χ3n) is 2.68. The SMILES string of the molecule is Cc1cc(Br)ccc1-c1nc(C)c(CCN)s1. The Morgan fingerprint density at radius 2 is 2.12 bits per heavy atom. The van der Waals surface area contributed by atoms with Crippen LogP contribution in [0.15, 0.2) is 22.7 Å². The monoisotopic (exact) mass is 310 g/mol. The van der Waals surface area contributed by atoms with Gasteiger partial charge in [0.15, 0.2) is 0 Å². The molecule has 2 aromatic rings. The highest BCUT2D eigenvalue weighted by Crippen LogP contribution is 2.31. The van der Waals surface area contributed by atoms with Crippen LogP contribution in [-0.4, -0.2) is 11.5 Å². The maximum atomic E-state index is 5.60. The van der Waals surface area contributed by atoms with Crippen molar-refractivity contribution in [1.82, 2.24) is 4.98 Å². The Morgan fingerprint density at radius 3 is 2.76 bits per heavy atom. The second kappa shape index (κ2) is 5.29. The van der Waals surface area contributed by atoms with Crippen molar-refractivity contribution < 1.29 is 0 Å². The fourth-order valence-corrected chi connectivity index (χ4v) is 3.42. The molecule has 0 unspecified atom stereocenters. The third-order valence-corrected chi connectivity index (χ3v) is 4.43. The molecule has 2 N–H and O–H groups in total. The zero-order valence-electron chi connectivity index (χ0n) is 9.96. The third kappa shape index (κ3) is 2.76. The first-order chi connectivity index (χ1) is 8.11. The van der Waals surface area contributed by atoms with Crippen LogP contribution in [0.2, 0.25) is 0 Å². The molecule has 0 fully saturated rings. The van der Waals surface area contributed by atoms with Gasteiger partial charge in [0.1, 0.15) is 5.01 Å². The van der Waals surface area contributed by atoms with E-state index >= 15 is 0 Å². The number of aryl methyl sites for hydroxylation is 2. The van der Waals surface area contributed by atoms with Gasteiger partial charge >= 0.3 is 0 Å². The fraction of sp³-hybridized carbons (Fsp3) is 0.308. The first kappa shape index (κ1) is 12.7. The van der Waals surface area contributed by atoms with Crippen LogP contribution in [0.1, 0.15) is 16.1 Å². The van der Waals surface area contributed by atoms with E-state index in [0.717, 1.165) is 21.6 Å². The lowest BCUT2D eigenvalue weighted by atomic mass is 10.1. The molecule has 2 nitrogen and oxygen atoms in total. The molecule has 0 aliphatic heterocycles. The number of hydrogen-bond donors (Lipinski definition) is 1. The van der Waals surface area contributed by atoms with Gasteiger partial charge in [0, 0.05) is 14.9 Å². The molecule has 0 aliphatic carbocycles. The predicted molar refractivity (Wildman–Crippen MR) is 77.5 cm³/mol. The van der Waals surface area contributed by atoms with Crippen molar-refractivity contribution >= 4 is 27.3 Å². The number of nitrogens with two attached hydrogens (primary N) is 1. The van der Waals surface area contributed by atoms with Gasteiger partial charge in [-0.2, -0.15) is 0 Å².